The summed E-state index contributed by atoms with van der Waals surface area (Å²) in [4.78, 5) is 25.1. The maximum absolute atomic E-state index is 12.0. The molecule has 1 saturated heterocycles. The van der Waals surface area contributed by atoms with Crippen LogP contribution in [0.4, 0.5) is 0 Å². The van der Waals surface area contributed by atoms with Crippen LogP contribution in [0.3, 0.4) is 0 Å². The number of nitrogens with zero attached hydrogens (tertiary/aromatic N) is 1. The third-order valence-electron chi connectivity index (χ3n) is 2.95. The van der Waals surface area contributed by atoms with Crippen LogP contribution in [0.2, 0.25) is 5.02 Å². The molecule has 96 valence electrons. The van der Waals surface area contributed by atoms with E-state index >= 15 is 0 Å². The molecule has 1 aliphatic heterocycles. The van der Waals surface area contributed by atoms with Crippen LogP contribution in [0.1, 0.15) is 18.9 Å². The van der Waals surface area contributed by atoms with Crippen molar-refractivity contribution in [2.24, 2.45) is 0 Å². The van der Waals surface area contributed by atoms with Gasteiger partial charge in [0.25, 0.3) is 0 Å². The summed E-state index contributed by atoms with van der Waals surface area (Å²) in [5.41, 5.74) is 0.901. The quantitative estimate of drug-likeness (QED) is 0.842. The first kappa shape index (κ1) is 13.1. The molecule has 0 bridgehead atoms. The summed E-state index contributed by atoms with van der Waals surface area (Å²) in [6, 6.07) is 6.79. The van der Waals surface area contributed by atoms with Crippen LogP contribution < -0.4 is 5.32 Å². The zero-order valence-electron chi connectivity index (χ0n) is 10.1. The van der Waals surface area contributed by atoms with E-state index in [1.807, 2.05) is 19.1 Å². The van der Waals surface area contributed by atoms with E-state index in [1.54, 1.807) is 12.1 Å². The first-order chi connectivity index (χ1) is 8.61. The Morgan fingerprint density at radius 3 is 2.61 bits per heavy atom. The van der Waals surface area contributed by atoms with Gasteiger partial charge in [-0.3, -0.25) is 14.5 Å². The van der Waals surface area contributed by atoms with Crippen molar-refractivity contribution in [3.63, 3.8) is 0 Å². The average Bonchev–Trinajstić information content (AvgIpc) is 2.60. The number of hydrogen-bond acceptors (Lipinski definition) is 3. The second-order valence-corrected chi connectivity index (χ2v) is 4.70. The third kappa shape index (κ3) is 2.71. The molecule has 2 amide bonds. The molecular weight excluding hydrogens is 252 g/mol. The van der Waals surface area contributed by atoms with E-state index in [9.17, 15) is 9.59 Å². The van der Waals surface area contributed by atoms with Gasteiger partial charge < -0.3 is 5.32 Å². The molecule has 0 radical (unpaired) electrons. The number of halogens is 1. The Labute approximate surface area is 111 Å². The maximum Gasteiger partial charge on any atom is 0.247 e. The zero-order chi connectivity index (χ0) is 13.1. The summed E-state index contributed by atoms with van der Waals surface area (Å²) in [5, 5.41) is 3.66. The summed E-state index contributed by atoms with van der Waals surface area (Å²) in [6.45, 7) is 2.91. The van der Waals surface area contributed by atoms with Crippen LogP contribution in [0.15, 0.2) is 24.3 Å². The summed E-state index contributed by atoms with van der Waals surface area (Å²) in [6.07, 6.45) is 0.250. The summed E-state index contributed by atoms with van der Waals surface area (Å²) >= 11 is 5.79. The van der Waals surface area contributed by atoms with Crippen LogP contribution >= 0.6 is 11.6 Å². The minimum atomic E-state index is -0.366. The molecule has 0 unspecified atom stereocenters. The molecular formula is C13H15ClN2O2. The van der Waals surface area contributed by atoms with Gasteiger partial charge in [-0.2, -0.15) is 0 Å². The lowest BCUT2D eigenvalue weighted by molar-refractivity contribution is -0.139. The fraction of sp³-hybridized carbons (Fsp3) is 0.385. The van der Waals surface area contributed by atoms with E-state index in [2.05, 4.69) is 5.32 Å². The molecule has 0 spiro atoms. The lowest BCUT2D eigenvalue weighted by atomic mass is 10.2. The van der Waals surface area contributed by atoms with Crippen LogP contribution in [0.25, 0.3) is 0 Å². The number of hydrogen-bond donors (Lipinski definition) is 1. The van der Waals surface area contributed by atoms with E-state index in [0.29, 0.717) is 18.1 Å². The highest BCUT2D eigenvalue weighted by atomic mass is 35.5. The SMILES string of the molecule is CCN[C@@H]1CC(=O)N(Cc2ccc(Cl)cc2)C1=O. The van der Waals surface area contributed by atoms with E-state index in [-0.39, 0.29) is 24.3 Å². The zero-order valence-corrected chi connectivity index (χ0v) is 10.9. The van der Waals surface area contributed by atoms with Gasteiger partial charge in [-0.05, 0) is 24.2 Å². The lowest BCUT2D eigenvalue weighted by Gasteiger charge is -2.15. The van der Waals surface area contributed by atoms with Crippen molar-refractivity contribution in [1.82, 2.24) is 10.2 Å². The van der Waals surface area contributed by atoms with Crippen molar-refractivity contribution in [3.05, 3.63) is 34.9 Å². The van der Waals surface area contributed by atoms with Crippen molar-refractivity contribution in [3.8, 4) is 0 Å². The van der Waals surface area contributed by atoms with E-state index < -0.39 is 0 Å². The molecule has 1 aliphatic rings. The van der Waals surface area contributed by atoms with Gasteiger partial charge in [-0.1, -0.05) is 30.7 Å². The second kappa shape index (κ2) is 5.50. The standard InChI is InChI=1S/C13H15ClN2O2/c1-2-15-11-7-12(17)16(13(11)18)8-9-3-5-10(14)6-4-9/h3-6,11,15H,2,7-8H2,1H3/t11-/m1/s1. The molecule has 0 aliphatic carbocycles. The summed E-state index contributed by atoms with van der Waals surface area (Å²) in [7, 11) is 0. The van der Waals surface area contributed by atoms with Crippen LogP contribution in [-0.2, 0) is 16.1 Å². The Bertz CT molecular complexity index is 459. The lowest BCUT2D eigenvalue weighted by Crippen LogP contribution is -2.38. The Kier molecular flexibility index (Phi) is 3.99. The van der Waals surface area contributed by atoms with Crippen LogP contribution in [0.5, 0.6) is 0 Å². The van der Waals surface area contributed by atoms with Crippen molar-refractivity contribution in [2.45, 2.75) is 25.9 Å². The number of imide groups is 1. The third-order valence-corrected chi connectivity index (χ3v) is 3.20. The fourth-order valence-electron chi connectivity index (χ4n) is 2.03. The number of carbonyl (C=O) groups excluding carboxylic acids is 2. The summed E-state index contributed by atoms with van der Waals surface area (Å²) in [5.74, 6) is -0.266. The van der Waals surface area contributed by atoms with Gasteiger partial charge in [0.2, 0.25) is 11.8 Å². The highest BCUT2D eigenvalue weighted by Gasteiger charge is 2.37. The summed E-state index contributed by atoms with van der Waals surface area (Å²) < 4.78 is 0. The fourth-order valence-corrected chi connectivity index (χ4v) is 2.15. The van der Waals surface area contributed by atoms with E-state index in [1.165, 1.54) is 4.90 Å². The molecule has 1 fully saturated rings. The van der Waals surface area contributed by atoms with Crippen molar-refractivity contribution in [1.29, 1.82) is 0 Å². The molecule has 4 nitrogen and oxygen atoms in total. The van der Waals surface area contributed by atoms with Crippen LogP contribution in [-0.4, -0.2) is 29.3 Å². The van der Waals surface area contributed by atoms with Gasteiger partial charge in [-0.15, -0.1) is 0 Å². The van der Waals surface area contributed by atoms with E-state index in [0.717, 1.165) is 5.56 Å². The Hall–Kier alpha value is -1.39. The molecule has 0 saturated carbocycles. The number of nitrogens with one attached hydrogen (secondary N) is 1. The van der Waals surface area contributed by atoms with E-state index in [4.69, 9.17) is 11.6 Å². The molecule has 2 rings (SSSR count). The Morgan fingerprint density at radius 1 is 1.33 bits per heavy atom. The second-order valence-electron chi connectivity index (χ2n) is 4.26. The molecule has 1 heterocycles. The molecule has 1 N–H and O–H groups in total. The average molecular weight is 267 g/mol. The first-order valence-corrected chi connectivity index (χ1v) is 6.31. The van der Waals surface area contributed by atoms with Crippen molar-refractivity contribution >= 4 is 23.4 Å². The number of benzene rings is 1. The number of rotatable bonds is 4. The van der Waals surface area contributed by atoms with Crippen molar-refractivity contribution < 1.29 is 9.59 Å². The molecule has 1 aromatic carbocycles. The molecule has 18 heavy (non-hydrogen) atoms. The normalized spacial score (nSPS) is 19.7. The predicted molar refractivity (Wildman–Crippen MR) is 69.1 cm³/mol. The number of carbonyl (C=O) groups is 2. The first-order valence-electron chi connectivity index (χ1n) is 5.94. The molecule has 5 heteroatoms. The minimum absolute atomic E-state index is 0.124. The topological polar surface area (TPSA) is 49.4 Å². The van der Waals surface area contributed by atoms with Crippen molar-refractivity contribution in [2.75, 3.05) is 6.54 Å². The monoisotopic (exact) mass is 266 g/mol. The van der Waals surface area contributed by atoms with Gasteiger partial charge in [0.05, 0.1) is 19.0 Å². The Balaban J connectivity index is 2.07. The van der Waals surface area contributed by atoms with Gasteiger partial charge in [0.1, 0.15) is 0 Å². The molecule has 1 atom stereocenters. The largest absolute Gasteiger partial charge is 0.306 e. The number of likely N-dealkylation sites (N-methyl/N-ethyl adjacent to an activating group) is 1. The predicted octanol–water partition coefficient (Wildman–Crippen LogP) is 1.58. The Morgan fingerprint density at radius 2 is 2.00 bits per heavy atom. The highest BCUT2D eigenvalue weighted by molar-refractivity contribution is 6.30. The number of amides is 2. The van der Waals surface area contributed by atoms with Gasteiger partial charge in [0.15, 0.2) is 0 Å². The number of likely N-dealkylation sites (tertiary alicyclic amines) is 1. The molecule has 1 aromatic rings. The van der Waals surface area contributed by atoms with Crippen LogP contribution in [0, 0.1) is 0 Å². The molecule has 0 aromatic heterocycles. The maximum atomic E-state index is 12.0. The van der Waals surface area contributed by atoms with Gasteiger partial charge >= 0.3 is 0 Å². The minimum Gasteiger partial charge on any atom is -0.306 e. The smallest absolute Gasteiger partial charge is 0.247 e. The van der Waals surface area contributed by atoms with Gasteiger partial charge in [-0.25, -0.2) is 0 Å². The highest BCUT2D eigenvalue weighted by Crippen LogP contribution is 2.18. The van der Waals surface area contributed by atoms with Gasteiger partial charge in [0, 0.05) is 5.02 Å².